The van der Waals surface area contributed by atoms with Gasteiger partial charge in [-0.2, -0.15) is 0 Å². The zero-order valence-electron chi connectivity index (χ0n) is 37.9. The molecule has 0 aliphatic carbocycles. The molecule has 0 unspecified atom stereocenters. The van der Waals surface area contributed by atoms with Crippen LogP contribution in [-0.2, 0) is 47.5 Å². The Kier molecular flexibility index (Phi) is 18.4. The van der Waals surface area contributed by atoms with Gasteiger partial charge in [-0.25, -0.2) is 0 Å². The van der Waals surface area contributed by atoms with Gasteiger partial charge in [0.05, 0.1) is 61.7 Å². The van der Waals surface area contributed by atoms with Crippen molar-refractivity contribution in [2.24, 2.45) is 17.8 Å². The molecule has 3 rings (SSSR count). The van der Waals surface area contributed by atoms with Crippen molar-refractivity contribution in [3.05, 3.63) is 0 Å². The quantitative estimate of drug-likeness (QED) is 0.222. The first kappa shape index (κ1) is 50.8. The summed E-state index contributed by atoms with van der Waals surface area (Å²) in [6.45, 7) is 18.1. The Morgan fingerprint density at radius 1 is 0.948 bits per heavy atom. The van der Waals surface area contributed by atoms with Gasteiger partial charge in [0.2, 0.25) is 0 Å². The van der Waals surface area contributed by atoms with E-state index in [0.29, 0.717) is 13.0 Å². The molecule has 0 aromatic rings. The third-order valence-corrected chi connectivity index (χ3v) is 13.0. The van der Waals surface area contributed by atoms with Crippen LogP contribution in [0.1, 0.15) is 101 Å². The Labute approximate surface area is 347 Å². The Balaban J connectivity index is 2.21. The van der Waals surface area contributed by atoms with Crippen molar-refractivity contribution in [3.8, 4) is 0 Å². The number of rotatable bonds is 11. The normalized spacial score (nSPS) is 45.6. The summed E-state index contributed by atoms with van der Waals surface area (Å²) in [5.41, 5.74) is -4.45. The maximum atomic E-state index is 14.4. The van der Waals surface area contributed by atoms with Crippen molar-refractivity contribution in [1.82, 2.24) is 9.80 Å². The van der Waals surface area contributed by atoms with Gasteiger partial charge in [0.1, 0.15) is 30.0 Å². The molecule has 16 heteroatoms. The summed E-state index contributed by atoms with van der Waals surface area (Å²) < 4.78 is 49.6. The van der Waals surface area contributed by atoms with E-state index in [1.54, 1.807) is 41.5 Å². The van der Waals surface area contributed by atoms with E-state index in [-0.39, 0.29) is 50.4 Å². The number of cyclic esters (lactones) is 1. The molecule has 58 heavy (non-hydrogen) atoms. The van der Waals surface area contributed by atoms with Crippen LogP contribution in [0.4, 0.5) is 0 Å². The van der Waals surface area contributed by atoms with Crippen LogP contribution in [0.2, 0.25) is 0 Å². The molecule has 3 fully saturated rings. The number of methoxy groups -OCH3 is 2. The molecule has 3 aliphatic heterocycles. The molecule has 340 valence electrons. The fraction of sp³-hybridized carbons (Fsp3) is 0.952. The lowest BCUT2D eigenvalue weighted by molar-refractivity contribution is -0.321. The summed E-state index contributed by atoms with van der Waals surface area (Å²) >= 11 is 0. The second-order valence-corrected chi connectivity index (χ2v) is 18.3. The minimum atomic E-state index is -1.82. The van der Waals surface area contributed by atoms with Crippen LogP contribution in [0.5, 0.6) is 0 Å². The Hall–Kier alpha value is -1.54. The van der Waals surface area contributed by atoms with Gasteiger partial charge < -0.3 is 68.1 Å². The molecule has 18 atom stereocenters. The molecule has 16 nitrogen and oxygen atoms in total. The maximum absolute atomic E-state index is 14.4. The van der Waals surface area contributed by atoms with Crippen LogP contribution in [0.3, 0.4) is 0 Å². The van der Waals surface area contributed by atoms with E-state index >= 15 is 0 Å². The molecule has 0 aromatic heterocycles. The first-order valence-electron chi connectivity index (χ1n) is 21.1. The summed E-state index contributed by atoms with van der Waals surface area (Å²) in [5, 5.41) is 47.1. The van der Waals surface area contributed by atoms with Crippen LogP contribution in [-0.4, -0.2) is 181 Å². The van der Waals surface area contributed by atoms with Crippen LogP contribution in [0.15, 0.2) is 0 Å². The summed E-state index contributed by atoms with van der Waals surface area (Å²) in [7, 11) is 8.53. The van der Waals surface area contributed by atoms with Crippen LogP contribution in [0, 0.1) is 17.8 Å². The second-order valence-electron chi connectivity index (χ2n) is 18.3. The van der Waals surface area contributed by atoms with Crippen LogP contribution < -0.4 is 0 Å². The molecule has 0 spiro atoms. The Morgan fingerprint density at radius 2 is 1.59 bits per heavy atom. The lowest BCUT2D eigenvalue weighted by Gasteiger charge is -2.49. The number of hydrogen-bond acceptors (Lipinski definition) is 16. The van der Waals surface area contributed by atoms with Crippen molar-refractivity contribution < 1.29 is 67.9 Å². The first-order valence-corrected chi connectivity index (χ1v) is 21.1. The smallest absolute Gasteiger partial charge is 0.311 e. The number of likely N-dealkylation sites (N-methyl/N-ethyl adjacent to an activating group) is 2. The van der Waals surface area contributed by atoms with Crippen molar-refractivity contribution in [3.63, 3.8) is 0 Å². The fourth-order valence-electron chi connectivity index (χ4n) is 9.28. The van der Waals surface area contributed by atoms with Gasteiger partial charge in [0, 0.05) is 38.1 Å². The molecule has 0 amide bonds. The minimum absolute atomic E-state index is 0.0151. The van der Waals surface area contributed by atoms with Crippen molar-refractivity contribution in [1.29, 1.82) is 0 Å². The standard InChI is InChI=1S/C42H78N2O14/c1-16-30-42(10,50)35(46)27(6)44(13)22-23(2)20-40(8,49)37(58-39-34(53-18-17-31(45)51-14)29(43(11)12)19-24(3)54-39)25(4)33(26(5)38(48)56-30)57-32-21-41(9,52-15)36(47)28(7)55-32/h23-30,32-37,39,46-47,49-50H,16-22H2,1-15H3/t23-,24-,25+,26-,27-,28+,29+,30-,32+,33+,34-,35-,36+,37-,39+,40+,41-,42-/m1/s1. The molecule has 0 saturated carbocycles. The van der Waals surface area contributed by atoms with Gasteiger partial charge in [0.25, 0.3) is 0 Å². The predicted octanol–water partition coefficient (Wildman–Crippen LogP) is 2.49. The fourth-order valence-corrected chi connectivity index (χ4v) is 9.28. The van der Waals surface area contributed by atoms with Crippen LogP contribution in [0.25, 0.3) is 0 Å². The van der Waals surface area contributed by atoms with E-state index in [1.165, 1.54) is 21.1 Å². The van der Waals surface area contributed by atoms with E-state index in [0.717, 1.165) is 0 Å². The average Bonchev–Trinajstić information content (AvgIpc) is 3.15. The van der Waals surface area contributed by atoms with Gasteiger partial charge in [0.15, 0.2) is 12.6 Å². The van der Waals surface area contributed by atoms with E-state index in [2.05, 4.69) is 0 Å². The average molecular weight is 835 g/mol. The highest BCUT2D eigenvalue weighted by molar-refractivity contribution is 5.73. The van der Waals surface area contributed by atoms with Gasteiger partial charge in [-0.05, 0) is 94.8 Å². The molecule has 0 aromatic carbocycles. The second kappa shape index (κ2) is 21.0. The molecule has 3 saturated heterocycles. The van der Waals surface area contributed by atoms with E-state index in [4.69, 9.17) is 37.9 Å². The maximum Gasteiger partial charge on any atom is 0.311 e. The van der Waals surface area contributed by atoms with Crippen LogP contribution >= 0.6 is 0 Å². The van der Waals surface area contributed by atoms with Gasteiger partial charge in [-0.1, -0.05) is 20.8 Å². The summed E-state index contributed by atoms with van der Waals surface area (Å²) in [5.74, 6) is -3.09. The minimum Gasteiger partial charge on any atom is -0.469 e. The molecule has 4 N–H and O–H groups in total. The van der Waals surface area contributed by atoms with Gasteiger partial charge in [-0.3, -0.25) is 9.59 Å². The molecule has 0 bridgehead atoms. The molecule has 3 heterocycles. The highest BCUT2D eigenvalue weighted by Crippen LogP contribution is 2.40. The van der Waals surface area contributed by atoms with E-state index < -0.39 is 102 Å². The van der Waals surface area contributed by atoms with Gasteiger partial charge >= 0.3 is 11.9 Å². The highest BCUT2D eigenvalue weighted by atomic mass is 16.7. The predicted molar refractivity (Wildman–Crippen MR) is 215 cm³/mol. The van der Waals surface area contributed by atoms with Crippen molar-refractivity contribution in [2.45, 2.75) is 192 Å². The number of carbonyl (C=O) groups is 2. The highest BCUT2D eigenvalue weighted by Gasteiger charge is 2.53. The van der Waals surface area contributed by atoms with E-state index in [1.807, 2.05) is 51.7 Å². The Morgan fingerprint density at radius 3 is 2.16 bits per heavy atom. The molecular formula is C42H78N2O14. The third kappa shape index (κ3) is 12.1. The van der Waals surface area contributed by atoms with Gasteiger partial charge in [-0.15, -0.1) is 0 Å². The zero-order valence-corrected chi connectivity index (χ0v) is 37.9. The number of carbonyl (C=O) groups excluding carboxylic acids is 2. The monoisotopic (exact) mass is 835 g/mol. The van der Waals surface area contributed by atoms with E-state index in [9.17, 15) is 30.0 Å². The number of nitrogens with zero attached hydrogens (tertiary/aromatic N) is 2. The molecular weight excluding hydrogens is 756 g/mol. The number of aliphatic hydroxyl groups is 4. The summed E-state index contributed by atoms with van der Waals surface area (Å²) in [6, 6.07) is -0.747. The third-order valence-electron chi connectivity index (χ3n) is 13.0. The number of aliphatic hydroxyl groups excluding tert-OH is 2. The SMILES string of the molecule is CC[C@H]1OC(=O)[C@H](C)[C@@H](O[C@H]2C[C@@](C)(OC)[C@@H](O)[C@H](C)O2)[C@H](C)[C@@H](O[C@@H]2O[C@H](C)C[C@H](N(C)C)[C@H]2OCCC(=O)OC)[C@@](C)(O)C[C@@H](C)CN(C)[C@H](C)[C@@H](O)[C@]1(C)O. The molecule has 0 radical (unpaired) electrons. The topological polar surface area (TPSA) is 195 Å². The lowest BCUT2D eigenvalue weighted by Crippen LogP contribution is -2.61. The van der Waals surface area contributed by atoms with Crippen molar-refractivity contribution >= 4 is 11.9 Å². The number of hydrogen-bond donors (Lipinski definition) is 4. The zero-order chi connectivity index (χ0) is 44.1. The van der Waals surface area contributed by atoms with Crippen molar-refractivity contribution in [2.75, 3.05) is 48.5 Å². The lowest BCUT2D eigenvalue weighted by atomic mass is 9.77. The Bertz CT molecular complexity index is 1300. The largest absolute Gasteiger partial charge is 0.469 e. The number of ether oxygens (including phenoxy) is 8. The molecule has 3 aliphatic rings. The summed E-state index contributed by atoms with van der Waals surface area (Å²) in [6.07, 6.45) is -7.92. The first-order chi connectivity index (χ1) is 26.8. The number of esters is 2. The summed E-state index contributed by atoms with van der Waals surface area (Å²) in [4.78, 5) is 30.4.